The van der Waals surface area contributed by atoms with E-state index in [9.17, 15) is 0 Å². The lowest BCUT2D eigenvalue weighted by Crippen LogP contribution is -2.13. The Morgan fingerprint density at radius 2 is 2.27 bits per heavy atom. The summed E-state index contributed by atoms with van der Waals surface area (Å²) in [5, 5.41) is 0. The molecule has 1 nitrogen and oxygen atoms in total. The maximum Gasteiger partial charge on any atom is 0.0191 e. The van der Waals surface area contributed by atoms with E-state index in [1.54, 1.807) is 0 Å². The molecule has 0 saturated heterocycles. The van der Waals surface area contributed by atoms with Crippen molar-refractivity contribution in [3.05, 3.63) is 24.0 Å². The zero-order valence-corrected chi connectivity index (χ0v) is 7.67. The SMILES string of the molecule is CCN1C=CCC(C(C)C)=C1. The molecule has 0 radical (unpaired) electrons. The molecule has 0 aromatic heterocycles. The molecule has 11 heavy (non-hydrogen) atoms. The van der Waals surface area contributed by atoms with Gasteiger partial charge in [-0.1, -0.05) is 19.9 Å². The molecule has 62 valence electrons. The second kappa shape index (κ2) is 3.61. The first-order valence-corrected chi connectivity index (χ1v) is 4.37. The van der Waals surface area contributed by atoms with Crippen molar-refractivity contribution in [2.45, 2.75) is 27.2 Å². The third-order valence-electron chi connectivity index (χ3n) is 2.09. The van der Waals surface area contributed by atoms with Crippen LogP contribution in [0.5, 0.6) is 0 Å². The fourth-order valence-corrected chi connectivity index (χ4v) is 1.21. The summed E-state index contributed by atoms with van der Waals surface area (Å²) in [5.74, 6) is 0.689. The second-order valence-corrected chi connectivity index (χ2v) is 3.28. The zero-order valence-electron chi connectivity index (χ0n) is 7.67. The van der Waals surface area contributed by atoms with Crippen molar-refractivity contribution < 1.29 is 0 Å². The van der Waals surface area contributed by atoms with Gasteiger partial charge in [-0.15, -0.1) is 0 Å². The van der Waals surface area contributed by atoms with Crippen molar-refractivity contribution in [3.8, 4) is 0 Å². The third-order valence-corrected chi connectivity index (χ3v) is 2.09. The van der Waals surface area contributed by atoms with Crippen molar-refractivity contribution >= 4 is 0 Å². The molecule has 0 saturated carbocycles. The summed E-state index contributed by atoms with van der Waals surface area (Å²) in [5.41, 5.74) is 1.54. The lowest BCUT2D eigenvalue weighted by atomic mass is 10.00. The summed E-state index contributed by atoms with van der Waals surface area (Å²) in [6, 6.07) is 0. The van der Waals surface area contributed by atoms with E-state index in [0.717, 1.165) is 13.0 Å². The van der Waals surface area contributed by atoms with Gasteiger partial charge in [-0.2, -0.15) is 0 Å². The molecular formula is C10H17N. The highest BCUT2D eigenvalue weighted by atomic mass is 15.1. The Kier molecular flexibility index (Phi) is 2.75. The maximum absolute atomic E-state index is 2.27. The Balaban J connectivity index is 2.61. The summed E-state index contributed by atoms with van der Waals surface area (Å²) in [4.78, 5) is 2.23. The van der Waals surface area contributed by atoms with E-state index in [-0.39, 0.29) is 0 Å². The lowest BCUT2D eigenvalue weighted by Gasteiger charge is -2.21. The van der Waals surface area contributed by atoms with Crippen LogP contribution in [0, 0.1) is 5.92 Å². The summed E-state index contributed by atoms with van der Waals surface area (Å²) in [7, 11) is 0. The minimum atomic E-state index is 0.689. The van der Waals surface area contributed by atoms with E-state index < -0.39 is 0 Å². The normalized spacial score (nSPS) is 17.5. The third kappa shape index (κ3) is 2.11. The van der Waals surface area contributed by atoms with E-state index in [1.807, 2.05) is 0 Å². The summed E-state index contributed by atoms with van der Waals surface area (Å²) in [6.45, 7) is 7.74. The molecule has 1 heterocycles. The zero-order chi connectivity index (χ0) is 8.27. The predicted octanol–water partition coefficient (Wildman–Crippen LogP) is 2.77. The van der Waals surface area contributed by atoms with Crippen LogP contribution in [0.25, 0.3) is 0 Å². The van der Waals surface area contributed by atoms with Crippen molar-refractivity contribution in [1.82, 2.24) is 4.90 Å². The minimum Gasteiger partial charge on any atom is -0.355 e. The van der Waals surface area contributed by atoms with Gasteiger partial charge in [0.05, 0.1) is 0 Å². The average Bonchev–Trinajstić information content (AvgIpc) is 2.05. The molecule has 0 atom stereocenters. The van der Waals surface area contributed by atoms with Crippen molar-refractivity contribution in [2.24, 2.45) is 5.92 Å². The van der Waals surface area contributed by atoms with Gasteiger partial charge in [-0.05, 0) is 31.0 Å². The van der Waals surface area contributed by atoms with E-state index >= 15 is 0 Å². The molecule has 0 fully saturated rings. The summed E-state index contributed by atoms with van der Waals surface area (Å²) >= 11 is 0. The van der Waals surface area contributed by atoms with E-state index in [2.05, 4.69) is 44.1 Å². The number of rotatable bonds is 2. The Morgan fingerprint density at radius 3 is 2.82 bits per heavy atom. The maximum atomic E-state index is 2.27. The highest BCUT2D eigenvalue weighted by Crippen LogP contribution is 2.19. The Morgan fingerprint density at radius 1 is 1.55 bits per heavy atom. The first kappa shape index (κ1) is 8.38. The van der Waals surface area contributed by atoms with E-state index in [4.69, 9.17) is 0 Å². The molecule has 0 bridgehead atoms. The fraction of sp³-hybridized carbons (Fsp3) is 0.600. The van der Waals surface area contributed by atoms with Crippen molar-refractivity contribution in [2.75, 3.05) is 6.54 Å². The molecule has 0 unspecified atom stereocenters. The average molecular weight is 151 g/mol. The van der Waals surface area contributed by atoms with Crippen LogP contribution in [0.15, 0.2) is 24.0 Å². The van der Waals surface area contributed by atoms with Crippen LogP contribution in [0.1, 0.15) is 27.2 Å². The molecule has 0 aromatic rings. The van der Waals surface area contributed by atoms with Gasteiger partial charge in [0.2, 0.25) is 0 Å². The van der Waals surface area contributed by atoms with Crippen molar-refractivity contribution in [1.29, 1.82) is 0 Å². The van der Waals surface area contributed by atoms with Gasteiger partial charge in [0.1, 0.15) is 0 Å². The predicted molar refractivity (Wildman–Crippen MR) is 49.1 cm³/mol. The van der Waals surface area contributed by atoms with Gasteiger partial charge >= 0.3 is 0 Å². The largest absolute Gasteiger partial charge is 0.355 e. The van der Waals surface area contributed by atoms with E-state index in [1.165, 1.54) is 5.57 Å². The Hall–Kier alpha value is -0.720. The van der Waals surface area contributed by atoms with Crippen LogP contribution in [0.4, 0.5) is 0 Å². The van der Waals surface area contributed by atoms with Gasteiger partial charge in [0, 0.05) is 12.7 Å². The van der Waals surface area contributed by atoms with Gasteiger partial charge in [-0.25, -0.2) is 0 Å². The molecule has 0 aliphatic carbocycles. The number of allylic oxidation sites excluding steroid dienone is 2. The first-order chi connectivity index (χ1) is 5.24. The standard InChI is InChI=1S/C10H17N/c1-4-11-7-5-6-10(8-11)9(2)3/h5,7-9H,4,6H2,1-3H3. The molecule has 0 N–H and O–H groups in total. The van der Waals surface area contributed by atoms with Crippen molar-refractivity contribution in [3.63, 3.8) is 0 Å². The first-order valence-electron chi connectivity index (χ1n) is 4.37. The van der Waals surface area contributed by atoms with Crippen LogP contribution < -0.4 is 0 Å². The monoisotopic (exact) mass is 151 g/mol. The summed E-state index contributed by atoms with van der Waals surface area (Å²) < 4.78 is 0. The molecule has 1 rings (SSSR count). The summed E-state index contributed by atoms with van der Waals surface area (Å²) in [6.07, 6.45) is 7.80. The van der Waals surface area contributed by atoms with Crippen LogP contribution in [-0.2, 0) is 0 Å². The second-order valence-electron chi connectivity index (χ2n) is 3.28. The molecule has 0 amide bonds. The Bertz CT molecular complexity index is 177. The van der Waals surface area contributed by atoms with Gasteiger partial charge < -0.3 is 4.90 Å². The highest BCUT2D eigenvalue weighted by Gasteiger charge is 2.06. The van der Waals surface area contributed by atoms with Gasteiger partial charge in [0.25, 0.3) is 0 Å². The topological polar surface area (TPSA) is 3.24 Å². The molecule has 1 aliphatic heterocycles. The number of nitrogens with zero attached hydrogens (tertiary/aromatic N) is 1. The van der Waals surface area contributed by atoms with Gasteiger partial charge in [0.15, 0.2) is 0 Å². The Labute approximate surface area is 69.4 Å². The number of hydrogen-bond acceptors (Lipinski definition) is 1. The van der Waals surface area contributed by atoms with Crippen LogP contribution in [0.3, 0.4) is 0 Å². The van der Waals surface area contributed by atoms with Crippen LogP contribution in [0.2, 0.25) is 0 Å². The van der Waals surface area contributed by atoms with Crippen LogP contribution in [-0.4, -0.2) is 11.4 Å². The fourth-order valence-electron chi connectivity index (χ4n) is 1.21. The van der Waals surface area contributed by atoms with E-state index in [0.29, 0.717) is 5.92 Å². The molecule has 0 spiro atoms. The molecular weight excluding hydrogens is 134 g/mol. The lowest BCUT2D eigenvalue weighted by molar-refractivity contribution is 0.507. The minimum absolute atomic E-state index is 0.689. The smallest absolute Gasteiger partial charge is 0.0191 e. The molecule has 0 aromatic carbocycles. The van der Waals surface area contributed by atoms with Gasteiger partial charge in [-0.3, -0.25) is 0 Å². The highest BCUT2D eigenvalue weighted by molar-refractivity contribution is 5.14. The molecule has 1 aliphatic rings. The van der Waals surface area contributed by atoms with Crippen LogP contribution >= 0.6 is 0 Å². The number of hydrogen-bond donors (Lipinski definition) is 0. The quantitative estimate of drug-likeness (QED) is 0.586. The molecule has 1 heteroatoms.